The third-order valence-electron chi connectivity index (χ3n) is 4.27. The number of aromatic nitrogens is 1. The van der Waals surface area contributed by atoms with Crippen molar-refractivity contribution in [1.29, 1.82) is 0 Å². The van der Waals surface area contributed by atoms with Crippen LogP contribution in [0.15, 0.2) is 5.38 Å². The van der Waals surface area contributed by atoms with Gasteiger partial charge in [-0.1, -0.05) is 13.8 Å². The van der Waals surface area contributed by atoms with Gasteiger partial charge < -0.3 is 5.11 Å². The van der Waals surface area contributed by atoms with Crippen molar-refractivity contribution in [2.45, 2.75) is 52.1 Å². The summed E-state index contributed by atoms with van der Waals surface area (Å²) >= 11 is 1.77. The molecular weight excluding hydrogens is 298 g/mol. The fourth-order valence-electron chi connectivity index (χ4n) is 3.09. The first-order valence-electron chi connectivity index (χ1n) is 8.23. The van der Waals surface area contributed by atoms with E-state index in [1.54, 1.807) is 11.3 Å². The number of aryl methyl sites for hydroxylation is 1. The van der Waals surface area contributed by atoms with Crippen molar-refractivity contribution in [3.63, 3.8) is 0 Å². The maximum atomic E-state index is 10.9. The molecule has 0 atom stereocenters. The molecule has 1 aromatic heterocycles. The highest BCUT2D eigenvalue weighted by Gasteiger charge is 2.25. The first-order chi connectivity index (χ1) is 10.6. The number of aliphatic carboxylic acids is 1. The molecule has 0 bridgehead atoms. The lowest BCUT2D eigenvalue weighted by molar-refractivity contribution is -0.139. The van der Waals surface area contributed by atoms with Gasteiger partial charge in [-0.15, -0.1) is 11.3 Å². The van der Waals surface area contributed by atoms with Crippen LogP contribution < -0.4 is 0 Å². The number of likely N-dealkylation sites (tertiary alicyclic amines) is 1. The zero-order valence-electron chi connectivity index (χ0n) is 13.6. The van der Waals surface area contributed by atoms with E-state index in [0.717, 1.165) is 51.9 Å². The first-order valence-corrected chi connectivity index (χ1v) is 9.11. The first kappa shape index (κ1) is 17.4. The van der Waals surface area contributed by atoms with Crippen LogP contribution in [-0.4, -0.2) is 58.1 Å². The number of thiazole rings is 1. The summed E-state index contributed by atoms with van der Waals surface area (Å²) in [5, 5.41) is 12.4. The molecule has 0 aliphatic carbocycles. The van der Waals surface area contributed by atoms with Crippen molar-refractivity contribution in [3.8, 4) is 0 Å². The lowest BCUT2D eigenvalue weighted by atomic mass is 10.0. The second-order valence-corrected chi connectivity index (χ2v) is 6.89. The zero-order valence-corrected chi connectivity index (χ0v) is 14.4. The Morgan fingerprint density at radius 1 is 1.45 bits per heavy atom. The summed E-state index contributed by atoms with van der Waals surface area (Å²) in [7, 11) is 0. The van der Waals surface area contributed by atoms with Crippen molar-refractivity contribution in [1.82, 2.24) is 14.8 Å². The number of likely N-dealkylation sites (N-methyl/N-ethyl adjacent to an activating group) is 1. The van der Waals surface area contributed by atoms with Crippen LogP contribution in [0.4, 0.5) is 0 Å². The van der Waals surface area contributed by atoms with Gasteiger partial charge in [0, 0.05) is 31.1 Å². The minimum absolute atomic E-state index is 0.160. The molecule has 22 heavy (non-hydrogen) atoms. The van der Waals surface area contributed by atoms with E-state index in [4.69, 9.17) is 10.1 Å². The summed E-state index contributed by atoms with van der Waals surface area (Å²) in [6.07, 6.45) is 4.32. The molecule has 5 nitrogen and oxygen atoms in total. The number of piperidine rings is 1. The van der Waals surface area contributed by atoms with E-state index in [1.165, 1.54) is 10.7 Å². The fourth-order valence-corrected chi connectivity index (χ4v) is 3.99. The second kappa shape index (κ2) is 8.60. The van der Waals surface area contributed by atoms with Crippen molar-refractivity contribution >= 4 is 17.3 Å². The number of carbonyl (C=O) groups is 1. The normalized spacial score (nSPS) is 17.2. The van der Waals surface area contributed by atoms with Gasteiger partial charge in [-0.3, -0.25) is 14.6 Å². The van der Waals surface area contributed by atoms with Gasteiger partial charge in [0.1, 0.15) is 0 Å². The Balaban J connectivity index is 1.79. The van der Waals surface area contributed by atoms with Gasteiger partial charge in [0.05, 0.1) is 17.2 Å². The lowest BCUT2D eigenvalue weighted by Crippen LogP contribution is -2.46. The van der Waals surface area contributed by atoms with Crippen molar-refractivity contribution < 1.29 is 9.90 Å². The maximum absolute atomic E-state index is 10.9. The number of rotatable bonds is 8. The Morgan fingerprint density at radius 2 is 2.18 bits per heavy atom. The Hall–Kier alpha value is -0.980. The summed E-state index contributed by atoms with van der Waals surface area (Å²) in [6.45, 7) is 8.18. The molecule has 2 heterocycles. The molecule has 1 aliphatic rings. The summed E-state index contributed by atoms with van der Waals surface area (Å²) in [4.78, 5) is 20.1. The molecule has 1 fully saturated rings. The van der Waals surface area contributed by atoms with Gasteiger partial charge in [0.25, 0.3) is 0 Å². The molecule has 0 radical (unpaired) electrons. The summed E-state index contributed by atoms with van der Waals surface area (Å²) in [5.74, 6) is -0.727. The monoisotopic (exact) mass is 325 g/mol. The number of carboxylic acid groups (broad SMARTS) is 1. The number of hydrogen-bond donors (Lipinski definition) is 1. The van der Waals surface area contributed by atoms with E-state index in [1.807, 2.05) is 6.92 Å². The van der Waals surface area contributed by atoms with Crippen LogP contribution in [0.1, 0.15) is 43.8 Å². The lowest BCUT2D eigenvalue weighted by Gasteiger charge is -2.37. The maximum Gasteiger partial charge on any atom is 0.317 e. The van der Waals surface area contributed by atoms with Crippen molar-refractivity contribution in [2.75, 3.05) is 26.2 Å². The quantitative estimate of drug-likeness (QED) is 0.796. The molecule has 1 N–H and O–H groups in total. The number of nitrogens with zero attached hydrogens (tertiary/aromatic N) is 3. The minimum Gasteiger partial charge on any atom is -0.480 e. The van der Waals surface area contributed by atoms with Gasteiger partial charge in [-0.25, -0.2) is 4.98 Å². The molecule has 0 saturated carbocycles. The third kappa shape index (κ3) is 5.04. The molecule has 2 rings (SSSR count). The highest BCUT2D eigenvalue weighted by atomic mass is 32.1. The van der Waals surface area contributed by atoms with Crippen LogP contribution >= 0.6 is 11.3 Å². The molecule has 124 valence electrons. The predicted octanol–water partition coefficient (Wildman–Crippen LogP) is 2.47. The van der Waals surface area contributed by atoms with E-state index in [9.17, 15) is 4.79 Å². The minimum atomic E-state index is -0.727. The Labute approximate surface area is 137 Å². The van der Waals surface area contributed by atoms with E-state index < -0.39 is 5.97 Å². The summed E-state index contributed by atoms with van der Waals surface area (Å²) < 4.78 is 0. The second-order valence-electron chi connectivity index (χ2n) is 5.95. The highest BCUT2D eigenvalue weighted by Crippen LogP contribution is 2.19. The zero-order chi connectivity index (χ0) is 15.9. The van der Waals surface area contributed by atoms with Crippen LogP contribution in [0.3, 0.4) is 0 Å². The Bertz CT molecular complexity index is 470. The fraction of sp³-hybridized carbons (Fsp3) is 0.750. The Morgan fingerprint density at radius 3 is 2.77 bits per heavy atom. The van der Waals surface area contributed by atoms with E-state index >= 15 is 0 Å². The van der Waals surface area contributed by atoms with Crippen LogP contribution in [0.5, 0.6) is 0 Å². The van der Waals surface area contributed by atoms with E-state index in [0.29, 0.717) is 6.04 Å². The molecule has 0 amide bonds. The topological polar surface area (TPSA) is 56.7 Å². The van der Waals surface area contributed by atoms with Crippen molar-refractivity contribution in [2.24, 2.45) is 0 Å². The molecule has 1 aliphatic heterocycles. The van der Waals surface area contributed by atoms with Gasteiger partial charge in [-0.2, -0.15) is 0 Å². The van der Waals surface area contributed by atoms with Crippen LogP contribution in [0.25, 0.3) is 0 Å². The van der Waals surface area contributed by atoms with Gasteiger partial charge in [0.15, 0.2) is 0 Å². The molecule has 0 aromatic carbocycles. The van der Waals surface area contributed by atoms with E-state index in [2.05, 4.69) is 22.1 Å². The molecular formula is C16H27N3O2S. The van der Waals surface area contributed by atoms with Crippen LogP contribution in [0.2, 0.25) is 0 Å². The van der Waals surface area contributed by atoms with E-state index in [-0.39, 0.29) is 6.54 Å². The van der Waals surface area contributed by atoms with Crippen LogP contribution in [-0.2, 0) is 17.8 Å². The number of hydrogen-bond acceptors (Lipinski definition) is 5. The SMILES string of the molecule is CCCc1nc(CN2CCC(N(CC)CC(=O)O)CC2)cs1. The average molecular weight is 325 g/mol. The molecule has 0 spiro atoms. The van der Waals surface area contributed by atoms with Gasteiger partial charge in [-0.05, 0) is 32.2 Å². The predicted molar refractivity (Wildman–Crippen MR) is 89.3 cm³/mol. The molecule has 1 aromatic rings. The van der Waals surface area contributed by atoms with Crippen LogP contribution in [0, 0.1) is 0 Å². The Kier molecular flexibility index (Phi) is 6.79. The summed E-state index contributed by atoms with van der Waals surface area (Å²) in [6, 6.07) is 0.406. The summed E-state index contributed by atoms with van der Waals surface area (Å²) in [5.41, 5.74) is 1.18. The largest absolute Gasteiger partial charge is 0.480 e. The van der Waals surface area contributed by atoms with Gasteiger partial charge >= 0.3 is 5.97 Å². The van der Waals surface area contributed by atoms with Crippen molar-refractivity contribution in [3.05, 3.63) is 16.1 Å². The molecule has 6 heteroatoms. The highest BCUT2D eigenvalue weighted by molar-refractivity contribution is 7.09. The third-order valence-corrected chi connectivity index (χ3v) is 5.22. The number of carboxylic acids is 1. The molecule has 1 saturated heterocycles. The smallest absolute Gasteiger partial charge is 0.317 e. The average Bonchev–Trinajstić information content (AvgIpc) is 2.93. The molecule has 0 unspecified atom stereocenters. The standard InChI is InChI=1S/C16H27N3O2S/c1-3-5-15-17-13(12-22-15)10-18-8-6-14(7-9-18)19(4-2)11-16(20)21/h12,14H,3-11H2,1-2H3,(H,20,21). The van der Waals surface area contributed by atoms with Gasteiger partial charge in [0.2, 0.25) is 0 Å².